The number of ether oxygens (including phenoxy) is 2. The number of carbonyl (C=O) groups excluding carboxylic acids is 1. The van der Waals surface area contributed by atoms with Crippen LogP contribution in [0.25, 0.3) is 0 Å². The van der Waals surface area contributed by atoms with Crippen LogP contribution in [0.15, 0.2) is 48.5 Å². The maximum absolute atomic E-state index is 11.9. The van der Waals surface area contributed by atoms with E-state index in [0.29, 0.717) is 13.0 Å². The Hall–Kier alpha value is -2.49. The van der Waals surface area contributed by atoms with Crippen LogP contribution in [0, 0.1) is 0 Å². The second-order valence-corrected chi connectivity index (χ2v) is 5.27. The van der Waals surface area contributed by atoms with Gasteiger partial charge in [-0.15, -0.1) is 0 Å². The number of carbonyl (C=O) groups is 1. The van der Waals surface area contributed by atoms with Crippen LogP contribution in [-0.4, -0.2) is 19.6 Å². The topological polar surface area (TPSA) is 47.6 Å². The molecule has 0 fully saturated rings. The van der Waals surface area contributed by atoms with E-state index in [4.69, 9.17) is 9.47 Å². The van der Waals surface area contributed by atoms with Gasteiger partial charge in [0.05, 0.1) is 20.1 Å². The lowest BCUT2D eigenvalue weighted by Gasteiger charge is -2.08. The van der Waals surface area contributed by atoms with Crippen molar-refractivity contribution < 1.29 is 14.3 Å². The van der Waals surface area contributed by atoms with E-state index in [0.717, 1.165) is 30.0 Å². The highest BCUT2D eigenvalue weighted by atomic mass is 16.5. The van der Waals surface area contributed by atoms with Crippen LogP contribution in [0.5, 0.6) is 11.5 Å². The summed E-state index contributed by atoms with van der Waals surface area (Å²) in [5.41, 5.74) is 2.10. The van der Waals surface area contributed by atoms with Crippen LogP contribution in [0.1, 0.15) is 25.3 Å². The summed E-state index contributed by atoms with van der Waals surface area (Å²) in [5.74, 6) is 1.45. The Kier molecular flexibility index (Phi) is 6.48. The van der Waals surface area contributed by atoms with Gasteiger partial charge in [0.2, 0.25) is 5.91 Å². The first-order chi connectivity index (χ1) is 11.2. The van der Waals surface area contributed by atoms with Gasteiger partial charge in [-0.05, 0) is 48.4 Å². The highest BCUT2D eigenvalue weighted by Gasteiger charge is 2.03. The molecule has 0 bridgehead atoms. The molecule has 0 aliphatic heterocycles. The van der Waals surface area contributed by atoms with Crippen LogP contribution in [0.4, 0.5) is 5.69 Å². The second-order valence-electron chi connectivity index (χ2n) is 5.27. The first-order valence-corrected chi connectivity index (χ1v) is 7.87. The largest absolute Gasteiger partial charge is 0.497 e. The molecule has 4 heteroatoms. The molecule has 1 amide bonds. The van der Waals surface area contributed by atoms with Crippen molar-refractivity contribution in [2.24, 2.45) is 0 Å². The molecule has 0 radical (unpaired) electrons. The molecule has 0 saturated heterocycles. The van der Waals surface area contributed by atoms with Crippen molar-refractivity contribution in [1.29, 1.82) is 0 Å². The van der Waals surface area contributed by atoms with Crippen molar-refractivity contribution in [2.45, 2.75) is 26.2 Å². The van der Waals surface area contributed by atoms with Gasteiger partial charge in [0.1, 0.15) is 11.5 Å². The summed E-state index contributed by atoms with van der Waals surface area (Å²) in [4.78, 5) is 11.9. The van der Waals surface area contributed by atoms with E-state index < -0.39 is 0 Å². The van der Waals surface area contributed by atoms with Crippen LogP contribution in [-0.2, 0) is 11.2 Å². The minimum atomic E-state index is -0.0539. The third-order valence-corrected chi connectivity index (χ3v) is 3.43. The molecule has 2 rings (SSSR count). The fourth-order valence-corrected chi connectivity index (χ4v) is 2.20. The number of hydrogen-bond acceptors (Lipinski definition) is 3. The number of nitrogens with one attached hydrogen (secondary N) is 1. The summed E-state index contributed by atoms with van der Waals surface area (Å²) in [6.07, 6.45) is 2.49. The maximum atomic E-state index is 11.9. The normalized spacial score (nSPS) is 10.2. The Bertz CT molecular complexity index is 606. The monoisotopic (exact) mass is 313 g/mol. The van der Waals surface area contributed by atoms with Gasteiger partial charge in [-0.3, -0.25) is 4.79 Å². The first kappa shape index (κ1) is 16.9. The van der Waals surface area contributed by atoms with Gasteiger partial charge in [0.15, 0.2) is 0 Å². The van der Waals surface area contributed by atoms with Crippen LogP contribution >= 0.6 is 0 Å². The van der Waals surface area contributed by atoms with Crippen molar-refractivity contribution in [2.75, 3.05) is 19.0 Å². The van der Waals surface area contributed by atoms with Crippen LogP contribution in [0.2, 0.25) is 0 Å². The summed E-state index contributed by atoms with van der Waals surface area (Å²) >= 11 is 0. The second kappa shape index (κ2) is 8.83. The number of benzene rings is 2. The fourth-order valence-electron chi connectivity index (χ4n) is 2.20. The van der Waals surface area contributed by atoms with Crippen LogP contribution in [0.3, 0.4) is 0 Å². The highest BCUT2D eigenvalue weighted by Crippen LogP contribution is 2.17. The Morgan fingerprint density at radius 1 is 1.00 bits per heavy atom. The van der Waals surface area contributed by atoms with Gasteiger partial charge in [0, 0.05) is 5.69 Å². The van der Waals surface area contributed by atoms with Crippen molar-refractivity contribution in [3.63, 3.8) is 0 Å². The van der Waals surface area contributed by atoms with Crippen molar-refractivity contribution >= 4 is 11.6 Å². The lowest BCUT2D eigenvalue weighted by Crippen LogP contribution is -2.15. The Morgan fingerprint density at radius 2 is 1.65 bits per heavy atom. The van der Waals surface area contributed by atoms with Crippen molar-refractivity contribution in [1.82, 2.24) is 0 Å². The zero-order chi connectivity index (χ0) is 16.5. The van der Waals surface area contributed by atoms with E-state index in [2.05, 4.69) is 12.2 Å². The molecule has 0 aliphatic carbocycles. The summed E-state index contributed by atoms with van der Waals surface area (Å²) < 4.78 is 10.6. The molecule has 0 aromatic heterocycles. The third kappa shape index (κ3) is 5.66. The summed E-state index contributed by atoms with van der Waals surface area (Å²) in [6.45, 7) is 2.49. The number of aryl methyl sites for hydroxylation is 1. The predicted molar refractivity (Wildman–Crippen MR) is 92.2 cm³/mol. The average Bonchev–Trinajstić information content (AvgIpc) is 2.57. The molecule has 2 aromatic carbocycles. The molecule has 1 N–H and O–H groups in total. The highest BCUT2D eigenvalue weighted by molar-refractivity contribution is 5.90. The molecule has 0 aliphatic rings. The Morgan fingerprint density at radius 3 is 2.26 bits per heavy atom. The molecule has 0 unspecified atom stereocenters. The number of rotatable bonds is 8. The Balaban J connectivity index is 1.73. The smallest absolute Gasteiger partial charge is 0.227 e. The molecule has 0 heterocycles. The minimum absolute atomic E-state index is 0.0539. The fraction of sp³-hybridized carbons (Fsp3) is 0.316. The van der Waals surface area contributed by atoms with Gasteiger partial charge in [-0.25, -0.2) is 0 Å². The van der Waals surface area contributed by atoms with Gasteiger partial charge < -0.3 is 14.8 Å². The SMILES string of the molecule is CCCc1ccc(NC(=O)CCOc2ccc(OC)cc2)cc1. The standard InChI is InChI=1S/C19H23NO3/c1-3-4-15-5-7-16(8-6-15)20-19(21)13-14-23-18-11-9-17(22-2)10-12-18/h5-12H,3-4,13-14H2,1-2H3,(H,20,21). The van der Waals surface area contributed by atoms with Gasteiger partial charge in [-0.1, -0.05) is 25.5 Å². The van der Waals surface area contributed by atoms with Crippen LogP contribution < -0.4 is 14.8 Å². The minimum Gasteiger partial charge on any atom is -0.497 e. The third-order valence-electron chi connectivity index (χ3n) is 3.43. The quantitative estimate of drug-likeness (QED) is 0.799. The van der Waals surface area contributed by atoms with E-state index in [-0.39, 0.29) is 5.91 Å². The number of methoxy groups -OCH3 is 1. The van der Waals surface area contributed by atoms with E-state index in [9.17, 15) is 4.79 Å². The molecular weight excluding hydrogens is 290 g/mol. The molecule has 0 atom stereocenters. The zero-order valence-electron chi connectivity index (χ0n) is 13.7. The van der Waals surface area contributed by atoms with E-state index >= 15 is 0 Å². The van der Waals surface area contributed by atoms with Gasteiger partial charge in [-0.2, -0.15) is 0 Å². The zero-order valence-corrected chi connectivity index (χ0v) is 13.7. The van der Waals surface area contributed by atoms with E-state index in [1.54, 1.807) is 7.11 Å². The molecule has 2 aromatic rings. The van der Waals surface area contributed by atoms with Crippen molar-refractivity contribution in [3.05, 3.63) is 54.1 Å². The Labute approximate surface area is 137 Å². The number of anilines is 1. The van der Waals surface area contributed by atoms with E-state index in [1.165, 1.54) is 5.56 Å². The summed E-state index contributed by atoms with van der Waals surface area (Å²) in [6, 6.07) is 15.3. The lowest BCUT2D eigenvalue weighted by molar-refractivity contribution is -0.116. The van der Waals surface area contributed by atoms with E-state index in [1.807, 2.05) is 48.5 Å². The van der Waals surface area contributed by atoms with Gasteiger partial charge in [0.25, 0.3) is 0 Å². The molecule has 4 nitrogen and oxygen atoms in total. The molecule has 0 saturated carbocycles. The molecule has 23 heavy (non-hydrogen) atoms. The maximum Gasteiger partial charge on any atom is 0.227 e. The average molecular weight is 313 g/mol. The summed E-state index contributed by atoms with van der Waals surface area (Å²) in [7, 11) is 1.62. The molecule has 122 valence electrons. The lowest BCUT2D eigenvalue weighted by atomic mass is 10.1. The number of amides is 1. The molecular formula is C19H23NO3. The number of hydrogen-bond donors (Lipinski definition) is 1. The van der Waals surface area contributed by atoms with Crippen molar-refractivity contribution in [3.8, 4) is 11.5 Å². The summed E-state index contributed by atoms with van der Waals surface area (Å²) in [5, 5.41) is 2.88. The first-order valence-electron chi connectivity index (χ1n) is 7.87. The molecule has 0 spiro atoms. The van der Waals surface area contributed by atoms with Gasteiger partial charge >= 0.3 is 0 Å². The predicted octanol–water partition coefficient (Wildman–Crippen LogP) is 4.06.